The maximum absolute atomic E-state index is 13.5. The molecule has 1 amide bonds. The molecule has 0 saturated carbocycles. The number of Topliss-reactive ketones (excluding diaryl/α,β-unsaturated/α-hetero) is 1. The third kappa shape index (κ3) is 4.13. The Morgan fingerprint density at radius 1 is 1.00 bits per heavy atom. The minimum absolute atomic E-state index is 0.0683. The maximum atomic E-state index is 13.5. The molecule has 1 aliphatic rings. The van der Waals surface area contributed by atoms with Crippen molar-refractivity contribution in [3.8, 4) is 0 Å². The fourth-order valence-corrected chi connectivity index (χ4v) is 4.97. The number of hydrogen-bond donors (Lipinski definition) is 1. The lowest BCUT2D eigenvalue weighted by Gasteiger charge is -2.09. The van der Waals surface area contributed by atoms with Crippen LogP contribution in [0.15, 0.2) is 78.6 Å². The van der Waals surface area contributed by atoms with Crippen molar-refractivity contribution in [2.24, 2.45) is 0 Å². The Bertz CT molecular complexity index is 1380. The van der Waals surface area contributed by atoms with Crippen LogP contribution in [0.1, 0.15) is 44.0 Å². The summed E-state index contributed by atoms with van der Waals surface area (Å²) in [5.41, 5.74) is 8.13. The highest BCUT2D eigenvalue weighted by molar-refractivity contribution is 7.11. The number of carbonyl (C=O) groups excluding carboxylic acids is 2. The summed E-state index contributed by atoms with van der Waals surface area (Å²) in [6.07, 6.45) is 4.44. The number of thiazole rings is 1. The Morgan fingerprint density at radius 3 is 2.58 bits per heavy atom. The molecule has 5 rings (SSSR count). The highest BCUT2D eigenvalue weighted by Crippen LogP contribution is 2.44. The summed E-state index contributed by atoms with van der Waals surface area (Å²) in [6.45, 7) is 1.95. The molecule has 162 valence electrons. The van der Waals surface area contributed by atoms with Crippen molar-refractivity contribution in [3.05, 3.63) is 111 Å². The fourth-order valence-electron chi connectivity index (χ4n) is 4.10. The predicted octanol–water partition coefficient (Wildman–Crippen LogP) is 5.57. The van der Waals surface area contributed by atoms with Crippen molar-refractivity contribution in [3.63, 3.8) is 0 Å². The quantitative estimate of drug-likeness (QED) is 0.416. The summed E-state index contributed by atoms with van der Waals surface area (Å²) in [6, 6.07) is 19.2. The molecular weight excluding hydrogens is 430 g/mol. The zero-order valence-corrected chi connectivity index (χ0v) is 18.9. The molecule has 0 spiro atoms. The Hall–Kier alpha value is -3.90. The summed E-state index contributed by atoms with van der Waals surface area (Å²) < 4.78 is 0. The van der Waals surface area contributed by atoms with Crippen LogP contribution in [0.3, 0.4) is 0 Å². The zero-order valence-electron chi connectivity index (χ0n) is 18.0. The molecule has 2 aromatic heterocycles. The lowest BCUT2D eigenvalue weighted by molar-refractivity contribution is -0.116. The lowest BCUT2D eigenvalue weighted by Crippen LogP contribution is -2.13. The van der Waals surface area contributed by atoms with Gasteiger partial charge in [0, 0.05) is 46.8 Å². The SMILES string of the molecule is Cc1ncsc1C1=C(c2cccnc2)C(=O)c2cc(NC(=O)CCc3ccccc3)ccc21. The van der Waals surface area contributed by atoms with Gasteiger partial charge in [-0.25, -0.2) is 4.98 Å². The first kappa shape index (κ1) is 21.0. The van der Waals surface area contributed by atoms with Gasteiger partial charge in [0.25, 0.3) is 0 Å². The van der Waals surface area contributed by atoms with Gasteiger partial charge in [0.2, 0.25) is 5.91 Å². The van der Waals surface area contributed by atoms with Gasteiger partial charge in [-0.2, -0.15) is 0 Å². The van der Waals surface area contributed by atoms with Crippen LogP contribution in [0.5, 0.6) is 0 Å². The highest BCUT2D eigenvalue weighted by atomic mass is 32.1. The molecule has 0 fully saturated rings. The number of aromatic nitrogens is 2. The number of allylic oxidation sites excluding steroid dienone is 1. The molecule has 1 aliphatic carbocycles. The zero-order chi connectivity index (χ0) is 22.8. The summed E-state index contributed by atoms with van der Waals surface area (Å²) in [5, 5.41) is 2.95. The van der Waals surface area contributed by atoms with Crippen molar-refractivity contribution in [2.75, 3.05) is 5.32 Å². The fraction of sp³-hybridized carbons (Fsp3) is 0.111. The van der Waals surface area contributed by atoms with E-state index < -0.39 is 0 Å². The molecule has 0 bridgehead atoms. The number of rotatable bonds is 6. The van der Waals surface area contributed by atoms with Crippen LogP contribution in [-0.4, -0.2) is 21.7 Å². The molecule has 0 aliphatic heterocycles. The van der Waals surface area contributed by atoms with Gasteiger partial charge in [-0.15, -0.1) is 11.3 Å². The molecular formula is C27H21N3O2S. The van der Waals surface area contributed by atoms with Gasteiger partial charge in [-0.3, -0.25) is 14.6 Å². The van der Waals surface area contributed by atoms with E-state index in [1.54, 1.807) is 24.0 Å². The van der Waals surface area contributed by atoms with Gasteiger partial charge in [-0.05, 0) is 42.7 Å². The van der Waals surface area contributed by atoms with E-state index in [2.05, 4.69) is 15.3 Å². The van der Waals surface area contributed by atoms with Crippen LogP contribution in [0.2, 0.25) is 0 Å². The average Bonchev–Trinajstić information content (AvgIpc) is 3.39. The highest BCUT2D eigenvalue weighted by Gasteiger charge is 2.33. The number of fused-ring (bicyclic) bond motifs is 1. The van der Waals surface area contributed by atoms with Gasteiger partial charge in [0.15, 0.2) is 5.78 Å². The molecule has 0 unspecified atom stereocenters. The monoisotopic (exact) mass is 451 g/mol. The van der Waals surface area contributed by atoms with Crippen molar-refractivity contribution >= 4 is 39.9 Å². The number of nitrogens with zero attached hydrogens (tertiary/aromatic N) is 2. The Morgan fingerprint density at radius 2 is 1.85 bits per heavy atom. The van der Waals surface area contributed by atoms with E-state index >= 15 is 0 Å². The molecule has 5 nitrogen and oxygen atoms in total. The first-order valence-corrected chi connectivity index (χ1v) is 11.6. The molecule has 6 heteroatoms. The molecule has 0 atom stereocenters. The molecule has 4 aromatic rings. The second-order valence-electron chi connectivity index (χ2n) is 7.88. The van der Waals surface area contributed by atoms with Crippen LogP contribution in [-0.2, 0) is 11.2 Å². The number of nitrogens with one attached hydrogen (secondary N) is 1. The third-order valence-corrected chi connectivity index (χ3v) is 6.65. The number of aryl methyl sites for hydroxylation is 2. The van der Waals surface area contributed by atoms with Gasteiger partial charge >= 0.3 is 0 Å². The van der Waals surface area contributed by atoms with Gasteiger partial charge in [0.1, 0.15) is 0 Å². The Balaban J connectivity index is 1.45. The number of carbonyl (C=O) groups is 2. The van der Waals surface area contributed by atoms with E-state index in [-0.39, 0.29) is 11.7 Å². The average molecular weight is 452 g/mol. The summed E-state index contributed by atoms with van der Waals surface area (Å²) >= 11 is 1.52. The number of benzene rings is 2. The summed E-state index contributed by atoms with van der Waals surface area (Å²) in [4.78, 5) is 35.7. The smallest absolute Gasteiger partial charge is 0.224 e. The Kier molecular flexibility index (Phi) is 5.67. The Labute approximate surface area is 195 Å². The van der Waals surface area contributed by atoms with E-state index in [0.29, 0.717) is 29.7 Å². The number of amides is 1. The van der Waals surface area contributed by atoms with Gasteiger partial charge < -0.3 is 5.32 Å². The lowest BCUT2D eigenvalue weighted by atomic mass is 9.99. The van der Waals surface area contributed by atoms with Crippen LogP contribution < -0.4 is 5.32 Å². The van der Waals surface area contributed by atoms with E-state index in [1.807, 2.05) is 61.5 Å². The van der Waals surface area contributed by atoms with Crippen LogP contribution in [0, 0.1) is 6.92 Å². The molecule has 2 heterocycles. The van der Waals surface area contributed by atoms with Crippen molar-refractivity contribution in [1.82, 2.24) is 9.97 Å². The second-order valence-corrected chi connectivity index (χ2v) is 8.74. The second kappa shape index (κ2) is 8.92. The summed E-state index contributed by atoms with van der Waals surface area (Å²) in [5.74, 6) is -0.149. The summed E-state index contributed by atoms with van der Waals surface area (Å²) in [7, 11) is 0. The molecule has 0 saturated heterocycles. The van der Waals surface area contributed by atoms with Crippen LogP contribution in [0.4, 0.5) is 5.69 Å². The van der Waals surface area contributed by atoms with Gasteiger partial charge in [-0.1, -0.05) is 42.5 Å². The standard InChI is InChI=1S/C27H21N3O2S/c1-17-27(33-16-29-17)25-21-11-10-20(30-23(31)12-9-18-6-3-2-4-7-18)14-22(21)26(32)24(25)19-8-5-13-28-15-19/h2-8,10-11,13-16H,9,12H2,1H3,(H,30,31). The first-order chi connectivity index (χ1) is 16.1. The number of pyridine rings is 1. The number of hydrogen-bond acceptors (Lipinski definition) is 5. The van der Waals surface area contributed by atoms with Gasteiger partial charge in [0.05, 0.1) is 16.1 Å². The minimum Gasteiger partial charge on any atom is -0.326 e. The minimum atomic E-state index is -0.0804. The van der Waals surface area contributed by atoms with Crippen molar-refractivity contribution < 1.29 is 9.59 Å². The number of anilines is 1. The first-order valence-electron chi connectivity index (χ1n) is 10.7. The number of ketones is 1. The van der Waals surface area contributed by atoms with Crippen molar-refractivity contribution in [1.29, 1.82) is 0 Å². The molecule has 33 heavy (non-hydrogen) atoms. The largest absolute Gasteiger partial charge is 0.326 e. The molecule has 0 radical (unpaired) electrons. The normalized spacial score (nSPS) is 12.7. The molecule has 2 aromatic carbocycles. The van der Waals surface area contributed by atoms with Crippen molar-refractivity contribution in [2.45, 2.75) is 19.8 Å². The van der Waals surface area contributed by atoms with E-state index in [9.17, 15) is 9.59 Å². The third-order valence-electron chi connectivity index (χ3n) is 5.70. The predicted molar refractivity (Wildman–Crippen MR) is 131 cm³/mol. The topological polar surface area (TPSA) is 72.0 Å². The van der Waals surface area contributed by atoms with E-state index in [1.165, 1.54) is 11.3 Å². The maximum Gasteiger partial charge on any atom is 0.224 e. The van der Waals surface area contributed by atoms with Crippen LogP contribution >= 0.6 is 11.3 Å². The van der Waals surface area contributed by atoms with E-state index in [4.69, 9.17) is 0 Å². The van der Waals surface area contributed by atoms with E-state index in [0.717, 1.165) is 32.8 Å². The molecule has 1 N–H and O–H groups in total. The van der Waals surface area contributed by atoms with Crippen LogP contribution in [0.25, 0.3) is 11.1 Å².